The normalized spacial score (nSPS) is 21.9. The van der Waals surface area contributed by atoms with Crippen LogP contribution < -0.4 is 10.1 Å². The van der Waals surface area contributed by atoms with Crippen molar-refractivity contribution in [2.45, 2.75) is 58.3 Å². The molecule has 11 heteroatoms. The molecular weight excluding hydrogens is 546 g/mol. The number of amides is 2. The highest BCUT2D eigenvalue weighted by molar-refractivity contribution is 7.88. The zero-order chi connectivity index (χ0) is 30.2. The molecule has 1 aliphatic heterocycles. The monoisotopic (exact) mass is 589 g/mol. The average molecular weight is 590 g/mol. The fraction of sp³-hybridized carbons (Fsp3) is 0.533. The second-order valence-electron chi connectivity index (χ2n) is 10.9. The van der Waals surface area contributed by atoms with Crippen molar-refractivity contribution >= 4 is 27.5 Å². The molecule has 0 fully saturated rings. The summed E-state index contributed by atoms with van der Waals surface area (Å²) in [5, 5.41) is 12.9. The fourth-order valence-corrected chi connectivity index (χ4v) is 5.06. The summed E-state index contributed by atoms with van der Waals surface area (Å²) in [6.45, 7) is 6.11. The number of anilines is 1. The third-order valence-corrected chi connectivity index (χ3v) is 8.63. The van der Waals surface area contributed by atoms with E-state index >= 15 is 0 Å². The summed E-state index contributed by atoms with van der Waals surface area (Å²) >= 11 is 0. The summed E-state index contributed by atoms with van der Waals surface area (Å²) in [5.41, 5.74) is 1.18. The molecule has 0 spiro atoms. The highest BCUT2D eigenvalue weighted by Gasteiger charge is 2.31. The summed E-state index contributed by atoms with van der Waals surface area (Å²) in [7, 11) is -1.92. The van der Waals surface area contributed by atoms with Gasteiger partial charge < -0.3 is 24.8 Å². The van der Waals surface area contributed by atoms with Gasteiger partial charge in [-0.05, 0) is 63.4 Å². The van der Waals surface area contributed by atoms with Gasteiger partial charge in [-0.1, -0.05) is 25.1 Å². The molecule has 0 radical (unpaired) electrons. The van der Waals surface area contributed by atoms with Gasteiger partial charge in [0.2, 0.25) is 10.0 Å². The molecule has 0 bridgehead atoms. The van der Waals surface area contributed by atoms with E-state index in [0.29, 0.717) is 23.6 Å². The van der Waals surface area contributed by atoms with Gasteiger partial charge in [0.05, 0.1) is 36.7 Å². The number of hydrogen-bond donors (Lipinski definition) is 2. The Balaban J connectivity index is 1.99. The van der Waals surface area contributed by atoms with Crippen molar-refractivity contribution in [3.63, 3.8) is 0 Å². The SMILES string of the molecule is C[C@@H]1CN([C@H](C)CO)C(=O)c2cc(NC(=O)c3ccccc3)ccc2O[C@@H](C)CCCCO[C@H]1CN(C)S(C)(=O)=O. The Morgan fingerprint density at radius 2 is 1.88 bits per heavy atom. The molecule has 0 aromatic heterocycles. The number of ether oxygens (including phenoxy) is 2. The Morgan fingerprint density at radius 3 is 2.54 bits per heavy atom. The minimum absolute atomic E-state index is 0.140. The summed E-state index contributed by atoms with van der Waals surface area (Å²) < 4.78 is 37.9. The molecule has 0 saturated heterocycles. The maximum absolute atomic E-state index is 14.1. The lowest BCUT2D eigenvalue weighted by atomic mass is 10.0. The first-order chi connectivity index (χ1) is 19.4. The molecule has 41 heavy (non-hydrogen) atoms. The van der Waals surface area contributed by atoms with E-state index in [1.165, 1.54) is 11.4 Å². The minimum atomic E-state index is -3.43. The van der Waals surface area contributed by atoms with Crippen molar-refractivity contribution in [2.24, 2.45) is 5.92 Å². The number of nitrogens with zero attached hydrogens (tertiary/aromatic N) is 2. The van der Waals surface area contributed by atoms with Crippen LogP contribution in [0, 0.1) is 5.92 Å². The topological polar surface area (TPSA) is 125 Å². The lowest BCUT2D eigenvalue weighted by molar-refractivity contribution is -0.00828. The van der Waals surface area contributed by atoms with Gasteiger partial charge in [-0.3, -0.25) is 9.59 Å². The van der Waals surface area contributed by atoms with E-state index in [1.807, 2.05) is 19.9 Å². The zero-order valence-corrected chi connectivity index (χ0v) is 25.4. The summed E-state index contributed by atoms with van der Waals surface area (Å²) in [6.07, 6.45) is 2.81. The molecule has 2 amide bonds. The largest absolute Gasteiger partial charge is 0.490 e. The van der Waals surface area contributed by atoms with E-state index in [1.54, 1.807) is 54.3 Å². The van der Waals surface area contributed by atoms with Gasteiger partial charge in [0, 0.05) is 43.9 Å². The van der Waals surface area contributed by atoms with Crippen molar-refractivity contribution in [2.75, 3.05) is 44.9 Å². The first-order valence-corrected chi connectivity index (χ1v) is 15.9. The van der Waals surface area contributed by atoms with Crippen molar-refractivity contribution in [3.05, 3.63) is 59.7 Å². The number of rotatable bonds is 7. The molecule has 0 unspecified atom stereocenters. The molecule has 2 aromatic rings. The molecule has 0 aliphatic carbocycles. The maximum atomic E-state index is 14.1. The molecule has 2 N–H and O–H groups in total. The summed E-state index contributed by atoms with van der Waals surface area (Å²) in [5.74, 6) is -0.546. The predicted octanol–water partition coefficient (Wildman–Crippen LogP) is 3.63. The van der Waals surface area contributed by atoms with Crippen LogP contribution in [-0.4, -0.2) is 92.4 Å². The number of fused-ring (bicyclic) bond motifs is 1. The molecule has 4 atom stereocenters. The van der Waals surface area contributed by atoms with E-state index in [-0.39, 0.29) is 49.1 Å². The number of carbonyl (C=O) groups excluding carboxylic acids is 2. The second kappa shape index (κ2) is 14.8. The fourth-order valence-electron chi connectivity index (χ4n) is 4.64. The van der Waals surface area contributed by atoms with Crippen molar-refractivity contribution in [3.8, 4) is 5.75 Å². The molecule has 1 heterocycles. The van der Waals surface area contributed by atoms with Gasteiger partial charge in [0.1, 0.15) is 5.75 Å². The highest BCUT2D eigenvalue weighted by atomic mass is 32.2. The molecule has 226 valence electrons. The van der Waals surface area contributed by atoms with Gasteiger partial charge in [-0.15, -0.1) is 0 Å². The van der Waals surface area contributed by atoms with Gasteiger partial charge in [0.15, 0.2) is 0 Å². The van der Waals surface area contributed by atoms with Crippen molar-refractivity contribution < 1.29 is 32.6 Å². The van der Waals surface area contributed by atoms with Crippen LogP contribution in [0.5, 0.6) is 5.75 Å². The molecule has 3 rings (SSSR count). The molecular formula is C30H43N3O7S. The second-order valence-corrected chi connectivity index (χ2v) is 13.0. The van der Waals surface area contributed by atoms with E-state index in [9.17, 15) is 23.1 Å². The number of likely N-dealkylation sites (N-methyl/N-ethyl adjacent to an activating group) is 1. The lowest BCUT2D eigenvalue weighted by Gasteiger charge is -2.35. The van der Waals surface area contributed by atoms with Crippen LogP contribution in [0.4, 0.5) is 5.69 Å². The third-order valence-electron chi connectivity index (χ3n) is 7.35. The van der Waals surface area contributed by atoms with Crippen molar-refractivity contribution in [1.82, 2.24) is 9.21 Å². The van der Waals surface area contributed by atoms with Gasteiger partial charge in [-0.25, -0.2) is 12.7 Å². The van der Waals surface area contributed by atoms with Crippen LogP contribution in [0.15, 0.2) is 48.5 Å². The Kier molecular flexibility index (Phi) is 11.7. The maximum Gasteiger partial charge on any atom is 0.258 e. The quantitative estimate of drug-likeness (QED) is 0.505. The summed E-state index contributed by atoms with van der Waals surface area (Å²) in [6, 6.07) is 13.2. The van der Waals surface area contributed by atoms with Crippen molar-refractivity contribution in [1.29, 1.82) is 0 Å². The number of aliphatic hydroxyl groups excluding tert-OH is 1. The van der Waals surface area contributed by atoms with Crippen LogP contribution in [-0.2, 0) is 14.8 Å². The van der Waals surface area contributed by atoms with Crippen LogP contribution in [0.1, 0.15) is 60.7 Å². The smallest absolute Gasteiger partial charge is 0.258 e. The molecule has 0 saturated carbocycles. The minimum Gasteiger partial charge on any atom is -0.490 e. The summed E-state index contributed by atoms with van der Waals surface area (Å²) in [4.78, 5) is 28.5. The van der Waals surface area contributed by atoms with Gasteiger partial charge >= 0.3 is 0 Å². The van der Waals surface area contributed by atoms with Gasteiger partial charge in [-0.2, -0.15) is 0 Å². The first-order valence-electron chi connectivity index (χ1n) is 14.0. The first kappa shape index (κ1) is 32.5. The van der Waals surface area contributed by atoms with E-state index in [0.717, 1.165) is 25.5 Å². The number of aliphatic hydroxyl groups is 1. The van der Waals surface area contributed by atoms with E-state index in [2.05, 4.69) is 5.32 Å². The molecule has 2 aromatic carbocycles. The Morgan fingerprint density at radius 1 is 1.17 bits per heavy atom. The lowest BCUT2D eigenvalue weighted by Crippen LogP contribution is -2.47. The van der Waals surface area contributed by atoms with Gasteiger partial charge in [0.25, 0.3) is 11.8 Å². The van der Waals surface area contributed by atoms with E-state index in [4.69, 9.17) is 9.47 Å². The molecule has 10 nitrogen and oxygen atoms in total. The Bertz CT molecular complexity index is 1270. The predicted molar refractivity (Wildman–Crippen MR) is 159 cm³/mol. The number of carbonyl (C=O) groups is 2. The highest BCUT2D eigenvalue weighted by Crippen LogP contribution is 2.29. The standard InChI is InChI=1S/C30H43N3O7S/c1-21-18-33(22(2)20-34)30(36)26-17-25(31-29(35)24-12-7-6-8-13-24)14-15-27(26)40-23(3)11-9-10-16-39-28(21)19-32(4)41(5,37)38/h6-8,12-15,17,21-23,28,34H,9-11,16,18-20H2,1-5H3,(H,31,35)/t21-,22-,23+,28+/m1/s1. The number of nitrogens with one attached hydrogen (secondary N) is 1. The number of hydrogen-bond acceptors (Lipinski definition) is 7. The zero-order valence-electron chi connectivity index (χ0n) is 24.6. The van der Waals surface area contributed by atoms with Crippen LogP contribution >= 0.6 is 0 Å². The Hall–Kier alpha value is -2.99. The Labute approximate surface area is 243 Å². The number of sulfonamides is 1. The van der Waals surface area contributed by atoms with E-state index < -0.39 is 22.2 Å². The number of benzene rings is 2. The van der Waals surface area contributed by atoms with Crippen LogP contribution in [0.3, 0.4) is 0 Å². The molecule has 1 aliphatic rings. The average Bonchev–Trinajstić information content (AvgIpc) is 2.94. The van der Waals surface area contributed by atoms with Crippen LogP contribution in [0.25, 0.3) is 0 Å². The van der Waals surface area contributed by atoms with Crippen LogP contribution in [0.2, 0.25) is 0 Å². The third kappa shape index (κ3) is 9.26.